The van der Waals surface area contributed by atoms with Gasteiger partial charge in [0.15, 0.2) is 0 Å². The van der Waals surface area contributed by atoms with E-state index in [1.54, 1.807) is 5.56 Å². The van der Waals surface area contributed by atoms with Gasteiger partial charge in [-0.25, -0.2) is 0 Å². The molecule has 0 aliphatic heterocycles. The van der Waals surface area contributed by atoms with Gasteiger partial charge in [0.25, 0.3) is 0 Å². The molecule has 1 N–H and O–H groups in total. The molecular weight excluding hydrogens is 254 g/mol. The summed E-state index contributed by atoms with van der Waals surface area (Å²) in [6, 6.07) is 11.9. The van der Waals surface area contributed by atoms with Crippen LogP contribution in [0.2, 0.25) is 0 Å². The molecule has 2 fully saturated rings. The number of hydrogen-bond donors (Lipinski definition) is 1. The second-order valence-electron chi connectivity index (χ2n) is 7.40. The van der Waals surface area contributed by atoms with Gasteiger partial charge >= 0.3 is 0 Å². The van der Waals surface area contributed by atoms with E-state index >= 15 is 0 Å². The van der Waals surface area contributed by atoms with Gasteiger partial charge in [0.05, 0.1) is 0 Å². The molecule has 0 radical (unpaired) electrons. The lowest BCUT2D eigenvalue weighted by Gasteiger charge is -2.34. The van der Waals surface area contributed by atoms with Gasteiger partial charge in [-0.15, -0.1) is 0 Å². The summed E-state index contributed by atoms with van der Waals surface area (Å²) in [5.41, 5.74) is 2.19. The molecule has 2 aliphatic carbocycles. The van der Waals surface area contributed by atoms with Crippen LogP contribution in [0, 0.1) is 5.41 Å². The Morgan fingerprint density at radius 1 is 1.00 bits per heavy atom. The highest BCUT2D eigenvalue weighted by molar-refractivity contribution is 5.20. The summed E-state index contributed by atoms with van der Waals surface area (Å²) in [6.45, 7) is 3.66. The summed E-state index contributed by atoms with van der Waals surface area (Å²) in [7, 11) is 0. The van der Waals surface area contributed by atoms with E-state index < -0.39 is 0 Å². The molecule has 0 saturated heterocycles. The van der Waals surface area contributed by atoms with Crippen molar-refractivity contribution < 1.29 is 0 Å². The summed E-state index contributed by atoms with van der Waals surface area (Å²) in [6.07, 6.45) is 12.6. The summed E-state index contributed by atoms with van der Waals surface area (Å²) >= 11 is 0. The Labute approximate surface area is 130 Å². The fourth-order valence-corrected chi connectivity index (χ4v) is 4.50. The number of hydrogen-bond acceptors (Lipinski definition) is 1. The normalized spacial score (nSPS) is 28.6. The van der Waals surface area contributed by atoms with Crippen molar-refractivity contribution in [3.8, 4) is 0 Å². The minimum Gasteiger partial charge on any atom is -0.313 e. The highest BCUT2D eigenvalue weighted by atomic mass is 14.9. The molecule has 1 nitrogen and oxygen atoms in total. The predicted molar refractivity (Wildman–Crippen MR) is 90.6 cm³/mol. The molecule has 1 aromatic carbocycles. The lowest BCUT2D eigenvalue weighted by Crippen LogP contribution is -2.40. The van der Waals surface area contributed by atoms with Gasteiger partial charge in [0, 0.05) is 12.6 Å². The van der Waals surface area contributed by atoms with Crippen molar-refractivity contribution in [3.63, 3.8) is 0 Å². The molecule has 2 saturated carbocycles. The van der Waals surface area contributed by atoms with E-state index in [1.165, 1.54) is 64.3 Å². The SMILES string of the molecule is CCC1(CNC2CCC(c3ccccc3)CC2)CCCC1. The summed E-state index contributed by atoms with van der Waals surface area (Å²) < 4.78 is 0. The molecule has 116 valence electrons. The van der Waals surface area contributed by atoms with E-state index in [1.807, 2.05) is 0 Å². The average molecular weight is 285 g/mol. The second-order valence-corrected chi connectivity index (χ2v) is 7.40. The minimum absolute atomic E-state index is 0.635. The van der Waals surface area contributed by atoms with Crippen LogP contribution in [0.5, 0.6) is 0 Å². The quantitative estimate of drug-likeness (QED) is 0.777. The summed E-state index contributed by atoms with van der Waals surface area (Å²) in [5, 5.41) is 3.93. The molecule has 21 heavy (non-hydrogen) atoms. The van der Waals surface area contributed by atoms with Crippen molar-refractivity contribution in [1.29, 1.82) is 0 Å². The van der Waals surface area contributed by atoms with E-state index in [9.17, 15) is 0 Å². The van der Waals surface area contributed by atoms with E-state index in [0.717, 1.165) is 12.0 Å². The molecule has 3 rings (SSSR count). The van der Waals surface area contributed by atoms with Crippen LogP contribution in [0.25, 0.3) is 0 Å². The molecule has 0 bridgehead atoms. The lowest BCUT2D eigenvalue weighted by molar-refractivity contribution is 0.235. The minimum atomic E-state index is 0.635. The van der Waals surface area contributed by atoms with E-state index in [4.69, 9.17) is 0 Å². The zero-order valence-corrected chi connectivity index (χ0v) is 13.6. The Hall–Kier alpha value is -0.820. The van der Waals surface area contributed by atoms with Crippen LogP contribution in [0.15, 0.2) is 30.3 Å². The Morgan fingerprint density at radius 2 is 1.67 bits per heavy atom. The first kappa shape index (κ1) is 15.1. The smallest absolute Gasteiger partial charge is 0.00677 e. The maximum absolute atomic E-state index is 3.93. The van der Waals surface area contributed by atoms with Crippen molar-refractivity contribution >= 4 is 0 Å². The van der Waals surface area contributed by atoms with E-state index in [-0.39, 0.29) is 0 Å². The van der Waals surface area contributed by atoms with Crippen LogP contribution in [-0.2, 0) is 0 Å². The van der Waals surface area contributed by atoms with Gasteiger partial charge < -0.3 is 5.32 Å². The summed E-state index contributed by atoms with van der Waals surface area (Å²) in [5.74, 6) is 0.802. The standard InChI is InChI=1S/C20H31N/c1-2-20(14-6-7-15-20)16-21-19-12-10-18(11-13-19)17-8-4-3-5-9-17/h3-5,8-9,18-19,21H,2,6-7,10-16H2,1H3. The first-order valence-corrected chi connectivity index (χ1v) is 9.10. The van der Waals surface area contributed by atoms with Gasteiger partial charge in [0.1, 0.15) is 0 Å². The van der Waals surface area contributed by atoms with Crippen LogP contribution < -0.4 is 5.32 Å². The molecular formula is C20H31N. The topological polar surface area (TPSA) is 12.0 Å². The molecule has 0 spiro atoms. The molecule has 0 atom stereocenters. The second kappa shape index (κ2) is 6.96. The Kier molecular flexibility index (Phi) is 5.00. The maximum Gasteiger partial charge on any atom is 0.00677 e. The monoisotopic (exact) mass is 285 g/mol. The van der Waals surface area contributed by atoms with Crippen LogP contribution in [0.3, 0.4) is 0 Å². The van der Waals surface area contributed by atoms with Gasteiger partial charge in [0.2, 0.25) is 0 Å². The Bertz CT molecular complexity index is 411. The van der Waals surface area contributed by atoms with Crippen LogP contribution in [0.1, 0.15) is 76.2 Å². The zero-order chi connectivity index (χ0) is 14.5. The maximum atomic E-state index is 3.93. The largest absolute Gasteiger partial charge is 0.313 e. The van der Waals surface area contributed by atoms with Gasteiger partial charge in [-0.1, -0.05) is 50.1 Å². The molecule has 0 heterocycles. The van der Waals surface area contributed by atoms with Gasteiger partial charge in [-0.2, -0.15) is 0 Å². The van der Waals surface area contributed by atoms with Crippen LogP contribution >= 0.6 is 0 Å². The van der Waals surface area contributed by atoms with Crippen LogP contribution in [0.4, 0.5) is 0 Å². The third-order valence-corrected chi connectivity index (χ3v) is 6.18. The van der Waals surface area contributed by atoms with Crippen molar-refractivity contribution in [2.24, 2.45) is 5.41 Å². The molecule has 0 amide bonds. The van der Waals surface area contributed by atoms with Crippen LogP contribution in [-0.4, -0.2) is 12.6 Å². The fourth-order valence-electron chi connectivity index (χ4n) is 4.50. The van der Waals surface area contributed by atoms with Gasteiger partial charge in [-0.05, 0) is 61.8 Å². The van der Waals surface area contributed by atoms with Crippen molar-refractivity contribution in [2.45, 2.75) is 76.7 Å². The predicted octanol–water partition coefficient (Wildman–Crippen LogP) is 5.27. The molecule has 1 aromatic rings. The Morgan fingerprint density at radius 3 is 2.29 bits per heavy atom. The van der Waals surface area contributed by atoms with Crippen molar-refractivity contribution in [1.82, 2.24) is 5.32 Å². The third kappa shape index (κ3) is 3.69. The highest BCUT2D eigenvalue weighted by Gasteiger charge is 2.32. The molecule has 0 aromatic heterocycles. The highest BCUT2D eigenvalue weighted by Crippen LogP contribution is 2.41. The lowest BCUT2D eigenvalue weighted by atomic mass is 9.80. The summed E-state index contributed by atoms with van der Waals surface area (Å²) in [4.78, 5) is 0. The first-order chi connectivity index (χ1) is 10.3. The molecule has 0 unspecified atom stereocenters. The molecule has 1 heteroatoms. The Balaban J connectivity index is 1.46. The van der Waals surface area contributed by atoms with E-state index in [2.05, 4.69) is 42.6 Å². The first-order valence-electron chi connectivity index (χ1n) is 9.10. The van der Waals surface area contributed by atoms with E-state index in [0.29, 0.717) is 5.41 Å². The van der Waals surface area contributed by atoms with Crippen molar-refractivity contribution in [3.05, 3.63) is 35.9 Å². The van der Waals surface area contributed by atoms with Gasteiger partial charge in [-0.3, -0.25) is 0 Å². The number of rotatable bonds is 5. The average Bonchev–Trinajstić information content (AvgIpc) is 3.04. The third-order valence-electron chi connectivity index (χ3n) is 6.18. The fraction of sp³-hybridized carbons (Fsp3) is 0.700. The number of nitrogens with one attached hydrogen (secondary N) is 1. The molecule has 2 aliphatic rings. The van der Waals surface area contributed by atoms with Crippen molar-refractivity contribution in [2.75, 3.05) is 6.54 Å². The number of benzene rings is 1. The zero-order valence-electron chi connectivity index (χ0n) is 13.6.